The smallest absolute Gasteiger partial charge is 0.341 e. The molecule has 6 nitrogen and oxygen atoms in total. The predicted molar refractivity (Wildman–Crippen MR) is 146 cm³/mol. The molecule has 2 aromatic carbocycles. The number of benzene rings is 2. The van der Waals surface area contributed by atoms with Gasteiger partial charge in [-0.3, -0.25) is 0 Å². The molecule has 0 bridgehead atoms. The zero-order chi connectivity index (χ0) is 25.6. The minimum absolute atomic E-state index is 0.0665. The topological polar surface area (TPSA) is 83.9 Å². The number of thioether (sulfide) groups is 1. The third-order valence-electron chi connectivity index (χ3n) is 6.47. The van der Waals surface area contributed by atoms with E-state index in [1.165, 1.54) is 17.8 Å². The SMILES string of the molecule is CCCCC1(CCCC)CN(c2ccc(Br)cc2)c2cc(SC)c(OCC(=O)O)cc2S(=O)(=O)C1. The number of ether oxygens (including phenoxy) is 1. The van der Waals surface area contributed by atoms with Crippen LogP contribution in [0.2, 0.25) is 0 Å². The van der Waals surface area contributed by atoms with Gasteiger partial charge in [-0.15, -0.1) is 11.8 Å². The molecule has 2 aromatic rings. The average Bonchev–Trinajstić information content (AvgIpc) is 2.92. The number of anilines is 2. The Bertz CT molecular complexity index is 1130. The molecule has 0 fully saturated rings. The monoisotopic (exact) mass is 583 g/mol. The van der Waals surface area contributed by atoms with E-state index in [2.05, 4.69) is 34.7 Å². The van der Waals surface area contributed by atoms with Crippen LogP contribution in [0.25, 0.3) is 0 Å². The average molecular weight is 585 g/mol. The number of unbranched alkanes of at least 4 members (excludes halogenated alkanes) is 2. The lowest BCUT2D eigenvalue weighted by molar-refractivity contribution is -0.139. The number of hydrogen-bond acceptors (Lipinski definition) is 6. The minimum Gasteiger partial charge on any atom is -0.481 e. The molecule has 1 aliphatic rings. The van der Waals surface area contributed by atoms with Crippen LogP contribution in [0, 0.1) is 5.41 Å². The van der Waals surface area contributed by atoms with Crippen molar-refractivity contribution in [1.82, 2.24) is 0 Å². The molecule has 9 heteroatoms. The summed E-state index contributed by atoms with van der Waals surface area (Å²) in [4.78, 5) is 14.2. The first-order valence-corrected chi connectivity index (χ1v) is 15.6. The molecule has 1 N–H and O–H groups in total. The lowest BCUT2D eigenvalue weighted by Gasteiger charge is -2.37. The number of aliphatic carboxylic acids is 1. The van der Waals surface area contributed by atoms with E-state index in [0.29, 0.717) is 17.1 Å². The Morgan fingerprint density at radius 2 is 1.77 bits per heavy atom. The van der Waals surface area contributed by atoms with E-state index in [9.17, 15) is 13.2 Å². The number of carboxylic acids is 1. The van der Waals surface area contributed by atoms with Crippen LogP contribution in [0.5, 0.6) is 5.75 Å². The summed E-state index contributed by atoms with van der Waals surface area (Å²) in [6, 6.07) is 11.3. The lowest BCUT2D eigenvalue weighted by Crippen LogP contribution is -2.38. The highest BCUT2D eigenvalue weighted by molar-refractivity contribution is 9.10. The summed E-state index contributed by atoms with van der Waals surface area (Å²) in [5.41, 5.74) is 1.16. The van der Waals surface area contributed by atoms with E-state index in [1.807, 2.05) is 36.6 Å². The summed E-state index contributed by atoms with van der Waals surface area (Å²) in [7, 11) is -3.67. The van der Waals surface area contributed by atoms with Gasteiger partial charge in [0.05, 0.1) is 21.2 Å². The Kier molecular flexibility index (Phi) is 9.57. The number of rotatable bonds is 11. The van der Waals surface area contributed by atoms with E-state index in [1.54, 1.807) is 0 Å². The number of hydrogen-bond donors (Lipinski definition) is 1. The van der Waals surface area contributed by atoms with Crippen molar-refractivity contribution in [3.63, 3.8) is 0 Å². The van der Waals surface area contributed by atoms with Gasteiger partial charge >= 0.3 is 5.97 Å². The maximum atomic E-state index is 13.9. The van der Waals surface area contributed by atoms with Gasteiger partial charge in [0.15, 0.2) is 16.4 Å². The molecule has 0 spiro atoms. The number of nitrogens with zero attached hydrogens (tertiary/aromatic N) is 1. The van der Waals surface area contributed by atoms with Gasteiger partial charge in [-0.1, -0.05) is 55.5 Å². The van der Waals surface area contributed by atoms with Gasteiger partial charge in [0.25, 0.3) is 0 Å². The normalized spacial score (nSPS) is 16.4. The molecule has 0 saturated carbocycles. The molecule has 0 unspecified atom stereocenters. The molecule has 0 atom stereocenters. The molecule has 0 aliphatic carbocycles. The summed E-state index contributed by atoms with van der Waals surface area (Å²) in [5.74, 6) is -0.756. The van der Waals surface area contributed by atoms with Crippen molar-refractivity contribution < 1.29 is 23.1 Å². The lowest BCUT2D eigenvalue weighted by atomic mass is 9.79. The summed E-state index contributed by atoms with van der Waals surface area (Å²) in [6.45, 7) is 4.34. The predicted octanol–water partition coefficient (Wildman–Crippen LogP) is 6.93. The van der Waals surface area contributed by atoms with Crippen LogP contribution in [-0.2, 0) is 14.6 Å². The van der Waals surface area contributed by atoms with Crippen molar-refractivity contribution in [2.24, 2.45) is 5.41 Å². The van der Waals surface area contributed by atoms with Gasteiger partial charge in [0.2, 0.25) is 0 Å². The fourth-order valence-corrected chi connectivity index (χ4v) is 7.66. The maximum Gasteiger partial charge on any atom is 0.341 e. The number of carboxylic acid groups (broad SMARTS) is 1. The summed E-state index contributed by atoms with van der Waals surface area (Å²) in [6.07, 6.45) is 7.48. The Labute approximate surface area is 221 Å². The highest BCUT2D eigenvalue weighted by atomic mass is 79.9. The van der Waals surface area contributed by atoms with Gasteiger partial charge < -0.3 is 14.7 Å². The van der Waals surface area contributed by atoms with Crippen LogP contribution in [0.4, 0.5) is 11.4 Å². The van der Waals surface area contributed by atoms with Crippen molar-refractivity contribution in [2.45, 2.75) is 62.2 Å². The molecule has 35 heavy (non-hydrogen) atoms. The number of sulfone groups is 1. The molecular weight excluding hydrogens is 550 g/mol. The third kappa shape index (κ3) is 6.74. The molecule has 0 aromatic heterocycles. The van der Waals surface area contributed by atoms with E-state index in [-0.39, 0.29) is 16.4 Å². The summed E-state index contributed by atoms with van der Waals surface area (Å²) >= 11 is 4.91. The number of halogens is 1. The first-order valence-electron chi connectivity index (χ1n) is 12.0. The fourth-order valence-electron chi connectivity index (χ4n) is 4.73. The molecule has 0 amide bonds. The van der Waals surface area contributed by atoms with Crippen molar-refractivity contribution >= 4 is 54.9 Å². The van der Waals surface area contributed by atoms with Crippen LogP contribution in [0.3, 0.4) is 0 Å². The Morgan fingerprint density at radius 1 is 1.14 bits per heavy atom. The molecule has 0 radical (unpaired) electrons. The first-order chi connectivity index (χ1) is 16.6. The highest BCUT2D eigenvalue weighted by Crippen LogP contribution is 2.47. The zero-order valence-corrected chi connectivity index (χ0v) is 23.8. The van der Waals surface area contributed by atoms with Crippen LogP contribution in [0.1, 0.15) is 52.4 Å². The molecule has 1 aliphatic heterocycles. The van der Waals surface area contributed by atoms with Crippen LogP contribution in [-0.4, -0.2) is 44.7 Å². The first kappa shape index (κ1) is 27.9. The van der Waals surface area contributed by atoms with Gasteiger partial charge in [-0.25, -0.2) is 13.2 Å². The standard InChI is InChI=1S/C26H34BrNO5S2/c1-4-6-12-26(13-7-5-2)17-28(20-10-8-19(27)9-11-20)21-14-23(34-3)22(33-16-25(29)30)15-24(21)35(31,32)18-26/h8-11,14-15H,4-7,12-13,16-18H2,1-3H3,(H,29,30). The quantitative estimate of drug-likeness (QED) is 0.287. The molecule has 192 valence electrons. The van der Waals surface area contributed by atoms with Crippen LogP contribution < -0.4 is 9.64 Å². The molecule has 0 saturated heterocycles. The maximum absolute atomic E-state index is 13.9. The Morgan fingerprint density at radius 3 is 2.31 bits per heavy atom. The van der Waals surface area contributed by atoms with E-state index >= 15 is 0 Å². The van der Waals surface area contributed by atoms with Crippen LogP contribution in [0.15, 0.2) is 50.7 Å². The van der Waals surface area contributed by atoms with Crippen molar-refractivity contribution in [1.29, 1.82) is 0 Å². The largest absolute Gasteiger partial charge is 0.481 e. The fraction of sp³-hybridized carbons (Fsp3) is 0.500. The van der Waals surface area contributed by atoms with Gasteiger partial charge in [0.1, 0.15) is 5.75 Å². The Hall–Kier alpha value is -1.71. The molecular formula is C26H34BrNO5S2. The van der Waals surface area contributed by atoms with Crippen molar-refractivity contribution in [3.05, 3.63) is 40.9 Å². The minimum atomic E-state index is -3.67. The number of carbonyl (C=O) groups is 1. The highest BCUT2D eigenvalue weighted by Gasteiger charge is 2.42. The second kappa shape index (κ2) is 12.0. The van der Waals surface area contributed by atoms with Crippen molar-refractivity contribution in [3.8, 4) is 5.75 Å². The summed E-state index contributed by atoms with van der Waals surface area (Å²) in [5, 5.41) is 9.11. The van der Waals surface area contributed by atoms with E-state index in [4.69, 9.17) is 9.84 Å². The molecule has 3 rings (SSSR count). The Balaban J connectivity index is 2.24. The van der Waals surface area contributed by atoms with E-state index in [0.717, 1.165) is 48.7 Å². The van der Waals surface area contributed by atoms with Gasteiger partial charge in [0, 0.05) is 28.2 Å². The van der Waals surface area contributed by atoms with Gasteiger partial charge in [-0.2, -0.15) is 0 Å². The molecule has 1 heterocycles. The van der Waals surface area contributed by atoms with Crippen LogP contribution >= 0.6 is 27.7 Å². The summed E-state index contributed by atoms with van der Waals surface area (Å²) < 4.78 is 34.4. The number of fused-ring (bicyclic) bond motifs is 1. The second-order valence-electron chi connectivity index (χ2n) is 9.18. The van der Waals surface area contributed by atoms with Gasteiger partial charge in [-0.05, 0) is 49.4 Å². The zero-order valence-electron chi connectivity index (χ0n) is 20.5. The second-order valence-corrected chi connectivity index (χ2v) is 12.9. The van der Waals surface area contributed by atoms with E-state index < -0.39 is 27.8 Å². The van der Waals surface area contributed by atoms with Crippen molar-refractivity contribution in [2.75, 3.05) is 30.1 Å². The third-order valence-corrected chi connectivity index (χ3v) is 9.75.